The van der Waals surface area contributed by atoms with Crippen LogP contribution >= 0.6 is 0 Å². The quantitative estimate of drug-likeness (QED) is 0.601. The molecule has 0 bridgehead atoms. The lowest BCUT2D eigenvalue weighted by Crippen LogP contribution is -2.21. The maximum absolute atomic E-state index is 12.7. The fourth-order valence-corrected chi connectivity index (χ4v) is 2.97. The van der Waals surface area contributed by atoms with Gasteiger partial charge in [0, 0.05) is 17.4 Å². The molecule has 4 rings (SSSR count). The van der Waals surface area contributed by atoms with Crippen molar-refractivity contribution in [3.8, 4) is 11.5 Å². The number of ether oxygens (including phenoxy) is 1. The number of phenolic OH excluding ortho intramolecular Hbond substituents is 1. The molecule has 25 heavy (non-hydrogen) atoms. The van der Waals surface area contributed by atoms with Gasteiger partial charge in [0.25, 0.3) is 5.56 Å². The third kappa shape index (κ3) is 2.71. The van der Waals surface area contributed by atoms with Crippen molar-refractivity contribution in [3.05, 3.63) is 64.7 Å². The van der Waals surface area contributed by atoms with Crippen molar-refractivity contribution in [1.29, 1.82) is 0 Å². The molecule has 0 saturated heterocycles. The highest BCUT2D eigenvalue weighted by Gasteiger charge is 2.11. The predicted octanol–water partition coefficient (Wildman–Crippen LogP) is 2.83. The van der Waals surface area contributed by atoms with Gasteiger partial charge in [-0.3, -0.25) is 9.36 Å². The summed E-state index contributed by atoms with van der Waals surface area (Å²) < 4.78 is 6.85. The summed E-state index contributed by atoms with van der Waals surface area (Å²) in [5.74, 6) is 0.962. The number of hydrogen-bond acceptors (Lipinski definition) is 4. The van der Waals surface area contributed by atoms with Crippen LogP contribution in [0.15, 0.2) is 53.6 Å². The van der Waals surface area contributed by atoms with Crippen molar-refractivity contribution >= 4 is 21.9 Å². The van der Waals surface area contributed by atoms with E-state index >= 15 is 0 Å². The first-order chi connectivity index (χ1) is 12.2. The summed E-state index contributed by atoms with van der Waals surface area (Å²) in [6, 6.07) is 12.6. The molecule has 0 aliphatic carbocycles. The molecular weight excluding hydrogens is 318 g/mol. The molecule has 2 N–H and O–H groups in total. The van der Waals surface area contributed by atoms with Gasteiger partial charge in [-0.1, -0.05) is 12.1 Å². The molecule has 6 heteroatoms. The molecule has 4 aromatic rings. The molecule has 2 heterocycles. The minimum atomic E-state index is -0.0982. The second kappa shape index (κ2) is 5.98. The van der Waals surface area contributed by atoms with Gasteiger partial charge in [0.2, 0.25) is 0 Å². The Labute approximate surface area is 143 Å². The van der Waals surface area contributed by atoms with E-state index in [4.69, 9.17) is 4.74 Å². The molecule has 2 aromatic heterocycles. The standard InChI is InChI=1S/C19H17N3O3/c1-25-14-6-7-16-15(10-14)17-18(21-16)19(24)22(11-20-17)9-8-12-2-4-13(23)5-3-12/h2-7,10-11,21,23H,8-9H2,1H3. The highest BCUT2D eigenvalue weighted by atomic mass is 16.5. The summed E-state index contributed by atoms with van der Waals surface area (Å²) in [4.78, 5) is 20.4. The Kier molecular flexibility index (Phi) is 3.65. The van der Waals surface area contributed by atoms with Gasteiger partial charge in [0.05, 0.1) is 13.4 Å². The molecule has 0 unspecified atom stereocenters. The number of nitrogens with zero attached hydrogens (tertiary/aromatic N) is 2. The fraction of sp³-hybridized carbons (Fsp3) is 0.158. The van der Waals surface area contributed by atoms with Crippen LogP contribution in [-0.4, -0.2) is 26.8 Å². The zero-order valence-corrected chi connectivity index (χ0v) is 13.7. The highest BCUT2D eigenvalue weighted by molar-refractivity contribution is 6.04. The topological polar surface area (TPSA) is 80.1 Å². The van der Waals surface area contributed by atoms with Gasteiger partial charge in [0.15, 0.2) is 0 Å². The Bertz CT molecular complexity index is 1110. The maximum atomic E-state index is 12.7. The number of H-pyrrole nitrogens is 1. The zero-order chi connectivity index (χ0) is 17.4. The Hall–Kier alpha value is -3.28. The third-order valence-corrected chi connectivity index (χ3v) is 4.36. The number of hydrogen-bond donors (Lipinski definition) is 2. The van der Waals surface area contributed by atoms with Gasteiger partial charge >= 0.3 is 0 Å². The zero-order valence-electron chi connectivity index (χ0n) is 13.7. The van der Waals surface area contributed by atoms with Crippen molar-refractivity contribution in [2.75, 3.05) is 7.11 Å². The normalized spacial score (nSPS) is 11.2. The molecular formula is C19H17N3O3. The summed E-state index contributed by atoms with van der Waals surface area (Å²) in [6.07, 6.45) is 2.26. The average Bonchev–Trinajstić information content (AvgIpc) is 3.01. The molecule has 0 radical (unpaired) electrons. The van der Waals surface area contributed by atoms with Crippen LogP contribution in [0.25, 0.3) is 21.9 Å². The van der Waals surface area contributed by atoms with Crippen molar-refractivity contribution in [1.82, 2.24) is 14.5 Å². The first kappa shape index (κ1) is 15.3. The molecule has 2 aromatic carbocycles. The van der Waals surface area contributed by atoms with Crippen LogP contribution in [0.5, 0.6) is 11.5 Å². The largest absolute Gasteiger partial charge is 0.508 e. The van der Waals surface area contributed by atoms with Gasteiger partial charge in [0.1, 0.15) is 22.5 Å². The number of rotatable bonds is 4. The third-order valence-electron chi connectivity index (χ3n) is 4.36. The first-order valence-corrected chi connectivity index (χ1v) is 7.98. The Morgan fingerprint density at radius 2 is 2.00 bits per heavy atom. The summed E-state index contributed by atoms with van der Waals surface area (Å²) in [6.45, 7) is 0.519. The monoisotopic (exact) mass is 335 g/mol. The summed E-state index contributed by atoms with van der Waals surface area (Å²) >= 11 is 0. The van der Waals surface area contributed by atoms with Crippen molar-refractivity contribution in [2.24, 2.45) is 0 Å². The molecule has 0 fully saturated rings. The van der Waals surface area contributed by atoms with Crippen LogP contribution in [0.4, 0.5) is 0 Å². The summed E-state index contributed by atoms with van der Waals surface area (Å²) in [5, 5.41) is 10.2. The van der Waals surface area contributed by atoms with E-state index in [-0.39, 0.29) is 11.3 Å². The summed E-state index contributed by atoms with van der Waals surface area (Å²) in [7, 11) is 1.61. The van der Waals surface area contributed by atoms with Crippen molar-refractivity contribution in [2.45, 2.75) is 13.0 Å². The van der Waals surface area contributed by atoms with Crippen LogP contribution in [0.1, 0.15) is 5.56 Å². The number of aromatic hydroxyl groups is 1. The number of aryl methyl sites for hydroxylation is 2. The Morgan fingerprint density at radius 1 is 1.20 bits per heavy atom. The van der Waals surface area contributed by atoms with E-state index in [9.17, 15) is 9.90 Å². The van der Waals surface area contributed by atoms with Crippen LogP contribution in [-0.2, 0) is 13.0 Å². The Balaban J connectivity index is 1.71. The minimum Gasteiger partial charge on any atom is -0.508 e. The fourth-order valence-electron chi connectivity index (χ4n) is 2.97. The molecule has 126 valence electrons. The molecule has 6 nitrogen and oxygen atoms in total. The van der Waals surface area contributed by atoms with Gasteiger partial charge < -0.3 is 14.8 Å². The lowest BCUT2D eigenvalue weighted by molar-refractivity contribution is 0.415. The van der Waals surface area contributed by atoms with E-state index in [0.717, 1.165) is 22.2 Å². The van der Waals surface area contributed by atoms with Crippen LogP contribution < -0.4 is 10.3 Å². The smallest absolute Gasteiger partial charge is 0.277 e. The van der Waals surface area contributed by atoms with Crippen LogP contribution in [0.3, 0.4) is 0 Å². The molecule has 0 aliphatic heterocycles. The number of benzene rings is 2. The number of methoxy groups -OCH3 is 1. The van der Waals surface area contributed by atoms with Crippen LogP contribution in [0, 0.1) is 0 Å². The number of nitrogens with one attached hydrogen (secondary N) is 1. The lowest BCUT2D eigenvalue weighted by atomic mass is 10.1. The average molecular weight is 335 g/mol. The second-order valence-corrected chi connectivity index (χ2v) is 5.92. The van der Waals surface area contributed by atoms with Gasteiger partial charge in [-0.05, 0) is 42.3 Å². The Morgan fingerprint density at radius 3 is 2.76 bits per heavy atom. The predicted molar refractivity (Wildman–Crippen MR) is 96.2 cm³/mol. The maximum Gasteiger partial charge on any atom is 0.277 e. The summed E-state index contributed by atoms with van der Waals surface area (Å²) in [5.41, 5.74) is 2.96. The van der Waals surface area contributed by atoms with Gasteiger partial charge in [-0.25, -0.2) is 4.98 Å². The SMILES string of the molecule is COc1ccc2[nH]c3c(=O)n(CCc4ccc(O)cc4)cnc3c2c1. The van der Waals surface area contributed by atoms with E-state index in [0.29, 0.717) is 24.0 Å². The van der Waals surface area contributed by atoms with E-state index in [1.165, 1.54) is 0 Å². The second-order valence-electron chi connectivity index (χ2n) is 5.92. The molecule has 0 saturated carbocycles. The number of fused-ring (bicyclic) bond motifs is 3. The van der Waals surface area contributed by atoms with Crippen LogP contribution in [0.2, 0.25) is 0 Å². The van der Waals surface area contributed by atoms with Crippen molar-refractivity contribution < 1.29 is 9.84 Å². The highest BCUT2D eigenvalue weighted by Crippen LogP contribution is 2.25. The van der Waals surface area contributed by atoms with E-state index in [1.807, 2.05) is 30.3 Å². The van der Waals surface area contributed by atoms with Gasteiger partial charge in [-0.2, -0.15) is 0 Å². The van der Waals surface area contributed by atoms with Crippen molar-refractivity contribution in [3.63, 3.8) is 0 Å². The number of aromatic nitrogens is 3. The molecule has 0 aliphatic rings. The van der Waals surface area contributed by atoms with Gasteiger partial charge in [-0.15, -0.1) is 0 Å². The lowest BCUT2D eigenvalue weighted by Gasteiger charge is -2.05. The molecule has 0 amide bonds. The number of phenols is 1. The number of aromatic amines is 1. The van der Waals surface area contributed by atoms with E-state index in [2.05, 4.69) is 9.97 Å². The first-order valence-electron chi connectivity index (χ1n) is 7.98. The molecule has 0 atom stereocenters. The van der Waals surface area contributed by atoms with E-state index < -0.39 is 0 Å². The minimum absolute atomic E-state index is 0.0982. The van der Waals surface area contributed by atoms with E-state index in [1.54, 1.807) is 30.1 Å². The molecule has 0 spiro atoms.